The van der Waals surface area contributed by atoms with E-state index >= 15 is 0 Å². The van der Waals surface area contributed by atoms with E-state index in [2.05, 4.69) is 16.8 Å². The van der Waals surface area contributed by atoms with Gasteiger partial charge in [-0.25, -0.2) is 0 Å². The SMILES string of the molecule is CC(Cc1ccsc1)NC(=O)c1ccccc1N. The number of hydrogen-bond donors (Lipinski definition) is 2. The number of thiophene rings is 1. The Kier molecular flexibility index (Phi) is 3.99. The summed E-state index contributed by atoms with van der Waals surface area (Å²) in [6.45, 7) is 1.99. The fraction of sp³-hybridized carbons (Fsp3) is 0.214. The van der Waals surface area contributed by atoms with Crippen LogP contribution < -0.4 is 11.1 Å². The molecule has 3 nitrogen and oxygen atoms in total. The number of carbonyl (C=O) groups is 1. The monoisotopic (exact) mass is 260 g/mol. The van der Waals surface area contributed by atoms with Gasteiger partial charge >= 0.3 is 0 Å². The van der Waals surface area contributed by atoms with Crippen molar-refractivity contribution in [1.29, 1.82) is 0 Å². The van der Waals surface area contributed by atoms with E-state index in [0.717, 1.165) is 6.42 Å². The summed E-state index contributed by atoms with van der Waals surface area (Å²) in [5.74, 6) is -0.115. The van der Waals surface area contributed by atoms with Gasteiger partial charge in [0.05, 0.1) is 5.56 Å². The van der Waals surface area contributed by atoms with Gasteiger partial charge in [0.2, 0.25) is 0 Å². The Hall–Kier alpha value is -1.81. The van der Waals surface area contributed by atoms with E-state index in [-0.39, 0.29) is 11.9 Å². The number of anilines is 1. The zero-order valence-corrected chi connectivity index (χ0v) is 11.0. The van der Waals surface area contributed by atoms with Crippen LogP contribution in [-0.4, -0.2) is 11.9 Å². The number of para-hydroxylation sites is 1. The molecule has 0 spiro atoms. The van der Waals surface area contributed by atoms with Crippen LogP contribution in [0.15, 0.2) is 41.1 Å². The Morgan fingerprint density at radius 1 is 1.39 bits per heavy atom. The standard InChI is InChI=1S/C14H16N2OS/c1-10(8-11-6-7-18-9-11)16-14(17)12-4-2-3-5-13(12)15/h2-7,9-10H,8,15H2,1H3,(H,16,17). The molecule has 2 rings (SSSR count). The third-order valence-corrected chi connectivity index (χ3v) is 3.44. The topological polar surface area (TPSA) is 55.1 Å². The van der Waals surface area contributed by atoms with Gasteiger partial charge in [-0.15, -0.1) is 0 Å². The summed E-state index contributed by atoms with van der Waals surface area (Å²) < 4.78 is 0. The van der Waals surface area contributed by atoms with Gasteiger partial charge in [-0.3, -0.25) is 4.79 Å². The smallest absolute Gasteiger partial charge is 0.253 e. The Morgan fingerprint density at radius 2 is 2.17 bits per heavy atom. The molecule has 0 bridgehead atoms. The highest BCUT2D eigenvalue weighted by molar-refractivity contribution is 7.07. The summed E-state index contributed by atoms with van der Waals surface area (Å²) in [5, 5.41) is 7.10. The largest absolute Gasteiger partial charge is 0.398 e. The highest BCUT2D eigenvalue weighted by Gasteiger charge is 2.12. The first-order chi connectivity index (χ1) is 8.66. The molecule has 1 aromatic heterocycles. The molecule has 3 N–H and O–H groups in total. The van der Waals surface area contributed by atoms with Crippen molar-refractivity contribution in [2.75, 3.05) is 5.73 Å². The van der Waals surface area contributed by atoms with Crippen LogP contribution in [0.1, 0.15) is 22.8 Å². The van der Waals surface area contributed by atoms with E-state index in [0.29, 0.717) is 11.3 Å². The summed E-state index contributed by atoms with van der Waals surface area (Å²) in [6.07, 6.45) is 0.835. The normalized spacial score (nSPS) is 12.1. The van der Waals surface area contributed by atoms with E-state index < -0.39 is 0 Å². The molecule has 2 aromatic rings. The zero-order chi connectivity index (χ0) is 13.0. The second kappa shape index (κ2) is 5.69. The lowest BCUT2D eigenvalue weighted by Gasteiger charge is -2.14. The minimum absolute atomic E-state index is 0.0895. The molecule has 94 valence electrons. The van der Waals surface area contributed by atoms with Crippen LogP contribution in [0.2, 0.25) is 0 Å². The van der Waals surface area contributed by atoms with Crippen molar-refractivity contribution in [3.05, 3.63) is 52.2 Å². The van der Waals surface area contributed by atoms with Crippen molar-refractivity contribution in [2.45, 2.75) is 19.4 Å². The summed E-state index contributed by atoms with van der Waals surface area (Å²) >= 11 is 1.67. The Labute approximate surface area is 111 Å². The van der Waals surface area contributed by atoms with E-state index in [1.54, 1.807) is 23.5 Å². The van der Waals surface area contributed by atoms with Crippen molar-refractivity contribution in [3.8, 4) is 0 Å². The van der Waals surface area contributed by atoms with Crippen molar-refractivity contribution in [2.24, 2.45) is 0 Å². The number of amides is 1. The second-order valence-corrected chi connectivity index (χ2v) is 5.08. The molecule has 0 aliphatic rings. The average Bonchev–Trinajstić information content (AvgIpc) is 2.82. The van der Waals surface area contributed by atoms with Crippen molar-refractivity contribution in [3.63, 3.8) is 0 Å². The van der Waals surface area contributed by atoms with Crippen LogP contribution in [-0.2, 0) is 6.42 Å². The Balaban J connectivity index is 1.97. The minimum atomic E-state index is -0.115. The van der Waals surface area contributed by atoms with Crippen LogP contribution in [0.5, 0.6) is 0 Å². The maximum absolute atomic E-state index is 12.0. The Bertz CT molecular complexity index is 522. The maximum atomic E-state index is 12.0. The van der Waals surface area contributed by atoms with Gasteiger partial charge in [-0.2, -0.15) is 11.3 Å². The van der Waals surface area contributed by atoms with Gasteiger partial charge in [0.15, 0.2) is 0 Å². The second-order valence-electron chi connectivity index (χ2n) is 4.30. The highest BCUT2D eigenvalue weighted by Crippen LogP contribution is 2.12. The number of rotatable bonds is 4. The molecule has 18 heavy (non-hydrogen) atoms. The lowest BCUT2D eigenvalue weighted by atomic mass is 10.1. The fourth-order valence-corrected chi connectivity index (χ4v) is 2.50. The van der Waals surface area contributed by atoms with Crippen LogP contribution in [0.3, 0.4) is 0 Å². The third kappa shape index (κ3) is 3.11. The molecule has 0 aliphatic heterocycles. The lowest BCUT2D eigenvalue weighted by Crippen LogP contribution is -2.34. The number of nitrogen functional groups attached to an aromatic ring is 1. The van der Waals surface area contributed by atoms with E-state index in [4.69, 9.17) is 5.73 Å². The maximum Gasteiger partial charge on any atom is 0.253 e. The van der Waals surface area contributed by atoms with Crippen LogP contribution >= 0.6 is 11.3 Å². The van der Waals surface area contributed by atoms with Gasteiger partial charge in [0.25, 0.3) is 5.91 Å². The third-order valence-electron chi connectivity index (χ3n) is 2.70. The lowest BCUT2D eigenvalue weighted by molar-refractivity contribution is 0.0941. The van der Waals surface area contributed by atoms with Crippen molar-refractivity contribution >= 4 is 22.9 Å². The number of benzene rings is 1. The van der Waals surface area contributed by atoms with E-state index in [1.165, 1.54) is 5.56 Å². The fourth-order valence-electron chi connectivity index (χ4n) is 1.82. The van der Waals surface area contributed by atoms with Crippen LogP contribution in [0.4, 0.5) is 5.69 Å². The number of hydrogen-bond acceptors (Lipinski definition) is 3. The molecule has 1 aromatic carbocycles. The average molecular weight is 260 g/mol. The number of carbonyl (C=O) groups excluding carboxylic acids is 1. The number of nitrogens with two attached hydrogens (primary N) is 1. The first kappa shape index (κ1) is 12.6. The van der Waals surface area contributed by atoms with Gasteiger partial charge in [-0.05, 0) is 47.9 Å². The highest BCUT2D eigenvalue weighted by atomic mass is 32.1. The summed E-state index contributed by atoms with van der Waals surface area (Å²) in [7, 11) is 0. The Morgan fingerprint density at radius 3 is 2.83 bits per heavy atom. The zero-order valence-electron chi connectivity index (χ0n) is 10.2. The number of nitrogens with one attached hydrogen (secondary N) is 1. The summed E-state index contributed by atoms with van der Waals surface area (Å²) in [5.41, 5.74) is 8.07. The van der Waals surface area contributed by atoms with Crippen LogP contribution in [0.25, 0.3) is 0 Å². The molecule has 0 aliphatic carbocycles. The van der Waals surface area contributed by atoms with Gasteiger partial charge in [0.1, 0.15) is 0 Å². The van der Waals surface area contributed by atoms with Gasteiger partial charge in [-0.1, -0.05) is 12.1 Å². The quantitative estimate of drug-likeness (QED) is 0.830. The van der Waals surface area contributed by atoms with Gasteiger partial charge < -0.3 is 11.1 Å². The molecule has 1 atom stereocenters. The molecule has 0 saturated heterocycles. The van der Waals surface area contributed by atoms with E-state index in [9.17, 15) is 4.79 Å². The predicted octanol–water partition coefficient (Wildman–Crippen LogP) is 2.69. The van der Waals surface area contributed by atoms with Gasteiger partial charge in [0, 0.05) is 11.7 Å². The van der Waals surface area contributed by atoms with Crippen molar-refractivity contribution in [1.82, 2.24) is 5.32 Å². The molecule has 4 heteroatoms. The molecular weight excluding hydrogens is 244 g/mol. The molecule has 0 saturated carbocycles. The molecule has 0 radical (unpaired) electrons. The minimum Gasteiger partial charge on any atom is -0.398 e. The predicted molar refractivity (Wildman–Crippen MR) is 75.8 cm³/mol. The molecular formula is C14H16N2OS. The summed E-state index contributed by atoms with van der Waals surface area (Å²) in [4.78, 5) is 12.0. The van der Waals surface area contributed by atoms with Crippen molar-refractivity contribution < 1.29 is 4.79 Å². The molecule has 1 unspecified atom stereocenters. The first-order valence-corrected chi connectivity index (χ1v) is 6.77. The van der Waals surface area contributed by atoms with E-state index in [1.807, 2.05) is 24.4 Å². The first-order valence-electron chi connectivity index (χ1n) is 5.83. The molecule has 1 heterocycles. The van der Waals surface area contributed by atoms with Crippen LogP contribution in [0, 0.1) is 0 Å². The summed E-state index contributed by atoms with van der Waals surface area (Å²) in [6, 6.07) is 9.27. The molecule has 0 fully saturated rings. The molecule has 1 amide bonds.